The van der Waals surface area contributed by atoms with Crippen molar-refractivity contribution in [2.24, 2.45) is 0 Å². The highest BCUT2D eigenvalue weighted by Gasteiger charge is 2.22. The fourth-order valence-electron chi connectivity index (χ4n) is 4.41. The van der Waals surface area contributed by atoms with Gasteiger partial charge in [0.2, 0.25) is 0 Å². The van der Waals surface area contributed by atoms with E-state index in [1.54, 1.807) is 24.0 Å². The molecule has 4 nitrogen and oxygen atoms in total. The Labute approximate surface area is 241 Å². The molecule has 0 amide bonds. The number of para-hydroxylation sites is 1. The number of phenolic OH excluding ortho intramolecular Hbond substituents is 1. The molecule has 0 fully saturated rings. The molecule has 0 saturated heterocycles. The number of aromatic nitrogens is 3. The van der Waals surface area contributed by atoms with Crippen molar-refractivity contribution in [1.82, 2.24) is 15.0 Å². The molecule has 202 valence electrons. The predicted molar refractivity (Wildman–Crippen MR) is 166 cm³/mol. The molecule has 3 aromatic carbocycles. The summed E-state index contributed by atoms with van der Waals surface area (Å²) in [7, 11) is 0. The molecule has 0 atom stereocenters. The smallest absolute Gasteiger partial charge is 0.164 e. The number of pyridine rings is 1. The predicted octanol–water partition coefficient (Wildman–Crippen LogP) is 9.32. The molecule has 0 aliphatic rings. The van der Waals surface area contributed by atoms with Crippen molar-refractivity contribution < 1.29 is 5.11 Å². The number of phenols is 1. The highest BCUT2D eigenvalue weighted by molar-refractivity contribution is 7.99. The second kappa shape index (κ2) is 10.9. The van der Waals surface area contributed by atoms with Crippen LogP contribution in [0, 0.1) is 0 Å². The summed E-state index contributed by atoms with van der Waals surface area (Å²) in [6, 6.07) is 30.3. The fourth-order valence-corrected chi connectivity index (χ4v) is 5.25. The molecule has 0 aliphatic heterocycles. The SMILES string of the molecule is CC(C)(C)c1cc(-c2cc(-c3cccc(Sc4ccccn4)c3)nc(-c3ccccc3O)n2)cc(C(C)(C)C)c1. The maximum absolute atomic E-state index is 10.7. The summed E-state index contributed by atoms with van der Waals surface area (Å²) in [5, 5.41) is 11.6. The lowest BCUT2D eigenvalue weighted by molar-refractivity contribution is 0.477. The zero-order valence-corrected chi connectivity index (χ0v) is 24.8. The Balaban J connectivity index is 1.69. The normalized spacial score (nSPS) is 11.9. The van der Waals surface area contributed by atoms with Crippen molar-refractivity contribution in [3.63, 3.8) is 0 Å². The van der Waals surface area contributed by atoms with Crippen molar-refractivity contribution in [2.75, 3.05) is 0 Å². The van der Waals surface area contributed by atoms with Gasteiger partial charge in [-0.1, -0.05) is 89.7 Å². The van der Waals surface area contributed by atoms with Gasteiger partial charge in [0.15, 0.2) is 5.82 Å². The zero-order valence-electron chi connectivity index (χ0n) is 23.9. The molecule has 2 aromatic heterocycles. The first kappa shape index (κ1) is 27.6. The van der Waals surface area contributed by atoms with Crippen molar-refractivity contribution in [2.45, 2.75) is 62.3 Å². The molecule has 5 rings (SSSR count). The molecule has 1 N–H and O–H groups in total. The Morgan fingerprint density at radius 1 is 0.625 bits per heavy atom. The van der Waals surface area contributed by atoms with Gasteiger partial charge in [-0.05, 0) is 76.6 Å². The second-order valence-electron chi connectivity index (χ2n) is 12.1. The van der Waals surface area contributed by atoms with E-state index < -0.39 is 0 Å². The Bertz CT molecular complexity index is 1620. The Kier molecular flexibility index (Phi) is 7.52. The first-order chi connectivity index (χ1) is 19.0. The molecule has 0 spiro atoms. The van der Waals surface area contributed by atoms with Gasteiger partial charge in [0, 0.05) is 22.2 Å². The van der Waals surface area contributed by atoms with E-state index in [0.29, 0.717) is 11.4 Å². The van der Waals surface area contributed by atoms with Crippen LogP contribution in [0.5, 0.6) is 5.75 Å². The number of rotatable bonds is 5. The third kappa shape index (κ3) is 6.26. The van der Waals surface area contributed by atoms with Gasteiger partial charge in [-0.25, -0.2) is 15.0 Å². The van der Waals surface area contributed by atoms with Gasteiger partial charge < -0.3 is 5.11 Å². The number of hydrogen-bond donors (Lipinski definition) is 1. The summed E-state index contributed by atoms with van der Waals surface area (Å²) in [5.41, 5.74) is 6.70. The molecule has 2 heterocycles. The van der Waals surface area contributed by atoms with Crippen molar-refractivity contribution in [3.05, 3.63) is 108 Å². The average Bonchev–Trinajstić information content (AvgIpc) is 2.92. The van der Waals surface area contributed by atoms with Crippen LogP contribution in [-0.4, -0.2) is 20.1 Å². The highest BCUT2D eigenvalue weighted by Crippen LogP contribution is 2.37. The second-order valence-corrected chi connectivity index (χ2v) is 13.2. The van der Waals surface area contributed by atoms with Crippen LogP contribution in [0.4, 0.5) is 0 Å². The molecular formula is C35H35N3OS. The van der Waals surface area contributed by atoms with E-state index in [9.17, 15) is 5.11 Å². The largest absolute Gasteiger partial charge is 0.507 e. The lowest BCUT2D eigenvalue weighted by Crippen LogP contribution is -2.16. The van der Waals surface area contributed by atoms with E-state index in [0.717, 1.165) is 32.4 Å². The van der Waals surface area contributed by atoms with Gasteiger partial charge in [0.25, 0.3) is 0 Å². The lowest BCUT2D eigenvalue weighted by Gasteiger charge is -2.26. The Morgan fingerprint density at radius 2 is 1.27 bits per heavy atom. The molecule has 0 aliphatic carbocycles. The highest BCUT2D eigenvalue weighted by atomic mass is 32.2. The molecule has 0 saturated carbocycles. The molecule has 5 aromatic rings. The molecular weight excluding hydrogens is 510 g/mol. The molecule has 0 unspecified atom stereocenters. The molecule has 0 bridgehead atoms. The minimum Gasteiger partial charge on any atom is -0.507 e. The van der Waals surface area contributed by atoms with Crippen LogP contribution in [-0.2, 0) is 10.8 Å². The summed E-state index contributed by atoms with van der Waals surface area (Å²) >= 11 is 1.61. The van der Waals surface area contributed by atoms with Gasteiger partial charge in [-0.15, -0.1) is 0 Å². The standard InChI is InChI=1S/C35H35N3OS/c1-34(2,3)25-18-24(19-26(21-25)35(4,5)6)30-22-29(37-33(38-30)28-14-7-8-15-31(28)39)23-12-11-13-27(20-23)40-32-16-9-10-17-36-32/h7-22,39H,1-6H3. The van der Waals surface area contributed by atoms with E-state index in [-0.39, 0.29) is 16.6 Å². The van der Waals surface area contributed by atoms with E-state index in [1.807, 2.05) is 42.5 Å². The molecule has 5 heteroatoms. The third-order valence-corrected chi connectivity index (χ3v) is 7.76. The van der Waals surface area contributed by atoms with Crippen molar-refractivity contribution >= 4 is 11.8 Å². The van der Waals surface area contributed by atoms with Crippen LogP contribution in [0.1, 0.15) is 52.7 Å². The minimum absolute atomic E-state index is 0.0244. The average molecular weight is 546 g/mol. The van der Waals surface area contributed by atoms with Crippen LogP contribution in [0.3, 0.4) is 0 Å². The van der Waals surface area contributed by atoms with Gasteiger partial charge >= 0.3 is 0 Å². The number of benzene rings is 3. The van der Waals surface area contributed by atoms with Crippen LogP contribution >= 0.6 is 11.8 Å². The quantitative estimate of drug-likeness (QED) is 0.238. The number of nitrogens with zero attached hydrogens (tertiary/aromatic N) is 3. The summed E-state index contributed by atoms with van der Waals surface area (Å²) < 4.78 is 0. The van der Waals surface area contributed by atoms with E-state index in [4.69, 9.17) is 9.97 Å². The lowest BCUT2D eigenvalue weighted by atomic mass is 9.79. The minimum atomic E-state index is -0.0244. The number of hydrogen-bond acceptors (Lipinski definition) is 5. The van der Waals surface area contributed by atoms with E-state index in [2.05, 4.69) is 89.0 Å². The monoisotopic (exact) mass is 545 g/mol. The Morgan fingerprint density at radius 3 is 1.90 bits per heavy atom. The topological polar surface area (TPSA) is 58.9 Å². The van der Waals surface area contributed by atoms with Crippen LogP contribution in [0.15, 0.2) is 107 Å². The van der Waals surface area contributed by atoms with E-state index in [1.165, 1.54) is 11.1 Å². The summed E-state index contributed by atoms with van der Waals surface area (Å²) in [5.74, 6) is 0.649. The Hall–Kier alpha value is -3.96. The van der Waals surface area contributed by atoms with Crippen molar-refractivity contribution in [1.29, 1.82) is 0 Å². The van der Waals surface area contributed by atoms with Gasteiger partial charge in [-0.2, -0.15) is 0 Å². The maximum atomic E-state index is 10.7. The van der Waals surface area contributed by atoms with Gasteiger partial charge in [0.1, 0.15) is 10.8 Å². The maximum Gasteiger partial charge on any atom is 0.164 e. The van der Waals surface area contributed by atoms with Crippen LogP contribution < -0.4 is 0 Å². The fraction of sp³-hybridized carbons (Fsp3) is 0.229. The van der Waals surface area contributed by atoms with E-state index >= 15 is 0 Å². The van der Waals surface area contributed by atoms with Gasteiger partial charge in [-0.3, -0.25) is 0 Å². The zero-order chi connectivity index (χ0) is 28.5. The molecule has 0 radical (unpaired) electrons. The summed E-state index contributed by atoms with van der Waals surface area (Å²) in [6.07, 6.45) is 1.80. The summed E-state index contributed by atoms with van der Waals surface area (Å²) in [4.78, 5) is 15.5. The summed E-state index contributed by atoms with van der Waals surface area (Å²) in [6.45, 7) is 13.4. The molecule has 40 heavy (non-hydrogen) atoms. The van der Waals surface area contributed by atoms with Crippen LogP contribution in [0.2, 0.25) is 0 Å². The first-order valence-corrected chi connectivity index (χ1v) is 14.3. The van der Waals surface area contributed by atoms with Crippen LogP contribution in [0.25, 0.3) is 33.9 Å². The number of aromatic hydroxyl groups is 1. The van der Waals surface area contributed by atoms with Crippen molar-refractivity contribution in [3.8, 4) is 39.7 Å². The first-order valence-electron chi connectivity index (χ1n) is 13.5. The third-order valence-electron chi connectivity index (χ3n) is 6.82. The van der Waals surface area contributed by atoms with Gasteiger partial charge in [0.05, 0.1) is 17.0 Å².